The Balaban J connectivity index is 1.85. The molecule has 0 aliphatic carbocycles. The number of carbonyl (C=O) groups is 2. The maximum atomic E-state index is 12.2. The molecule has 18 heavy (non-hydrogen) atoms. The number of rotatable bonds is 4. The van der Waals surface area contributed by atoms with Gasteiger partial charge in [0.2, 0.25) is 11.8 Å². The van der Waals surface area contributed by atoms with Crippen LogP contribution in [0, 0.1) is 5.92 Å². The maximum Gasteiger partial charge on any atom is 0.227 e. The summed E-state index contributed by atoms with van der Waals surface area (Å²) in [6, 6.07) is 0.494. The molecule has 0 aromatic rings. The predicted molar refractivity (Wildman–Crippen MR) is 69.0 cm³/mol. The molecule has 5 nitrogen and oxygen atoms in total. The van der Waals surface area contributed by atoms with E-state index in [1.165, 1.54) is 12.8 Å². The predicted octanol–water partition coefficient (Wildman–Crippen LogP) is 0.0652. The van der Waals surface area contributed by atoms with Gasteiger partial charge in [0.15, 0.2) is 0 Å². The van der Waals surface area contributed by atoms with E-state index in [4.69, 9.17) is 0 Å². The number of hydrogen-bond acceptors (Lipinski definition) is 3. The fourth-order valence-electron chi connectivity index (χ4n) is 3.02. The van der Waals surface area contributed by atoms with Crippen molar-refractivity contribution in [2.24, 2.45) is 5.92 Å². The first-order valence-electron chi connectivity index (χ1n) is 6.87. The maximum absolute atomic E-state index is 12.2. The number of nitrogens with zero attached hydrogens (tertiary/aromatic N) is 2. The van der Waals surface area contributed by atoms with Crippen LogP contribution in [-0.2, 0) is 9.59 Å². The van der Waals surface area contributed by atoms with Gasteiger partial charge in [-0.25, -0.2) is 0 Å². The normalized spacial score (nSPS) is 28.4. The molecule has 0 radical (unpaired) electrons. The lowest BCUT2D eigenvalue weighted by Crippen LogP contribution is -2.43. The van der Waals surface area contributed by atoms with Gasteiger partial charge in [-0.2, -0.15) is 0 Å². The number of nitrogens with one attached hydrogen (secondary N) is 1. The molecule has 0 saturated carbocycles. The molecule has 2 unspecified atom stereocenters. The molecule has 2 aliphatic heterocycles. The van der Waals surface area contributed by atoms with Crippen molar-refractivity contribution in [1.82, 2.24) is 15.1 Å². The van der Waals surface area contributed by atoms with Crippen molar-refractivity contribution < 1.29 is 9.59 Å². The Labute approximate surface area is 108 Å². The van der Waals surface area contributed by atoms with Crippen molar-refractivity contribution in [2.75, 3.05) is 33.2 Å². The molecule has 0 aromatic heterocycles. The molecule has 2 heterocycles. The highest BCUT2D eigenvalue weighted by Gasteiger charge is 2.32. The summed E-state index contributed by atoms with van der Waals surface area (Å²) in [5.41, 5.74) is 0. The van der Waals surface area contributed by atoms with Gasteiger partial charge in [-0.15, -0.1) is 0 Å². The molecule has 5 heteroatoms. The van der Waals surface area contributed by atoms with Gasteiger partial charge in [0.25, 0.3) is 0 Å². The van der Waals surface area contributed by atoms with Crippen molar-refractivity contribution >= 4 is 11.8 Å². The van der Waals surface area contributed by atoms with Crippen molar-refractivity contribution in [3.8, 4) is 0 Å². The van der Waals surface area contributed by atoms with E-state index < -0.39 is 0 Å². The number of hydrogen-bond donors (Lipinski definition) is 1. The third-order valence-electron chi connectivity index (χ3n) is 4.09. The Hall–Kier alpha value is -1.10. The first-order valence-corrected chi connectivity index (χ1v) is 6.87. The minimum atomic E-state index is -0.154. The largest absolute Gasteiger partial charge is 0.355 e. The van der Waals surface area contributed by atoms with E-state index in [9.17, 15) is 9.59 Å². The Morgan fingerprint density at radius 3 is 2.94 bits per heavy atom. The molecule has 0 bridgehead atoms. The van der Waals surface area contributed by atoms with Crippen LogP contribution < -0.4 is 5.32 Å². The topological polar surface area (TPSA) is 52.6 Å². The van der Waals surface area contributed by atoms with Gasteiger partial charge >= 0.3 is 0 Å². The van der Waals surface area contributed by atoms with E-state index in [1.54, 1.807) is 0 Å². The fraction of sp³-hybridized carbons (Fsp3) is 0.846. The molecular weight excluding hydrogens is 230 g/mol. The monoisotopic (exact) mass is 253 g/mol. The molecule has 2 aliphatic rings. The number of amides is 2. The average molecular weight is 253 g/mol. The lowest BCUT2D eigenvalue weighted by Gasteiger charge is -2.28. The summed E-state index contributed by atoms with van der Waals surface area (Å²) in [4.78, 5) is 27.6. The van der Waals surface area contributed by atoms with Crippen LogP contribution in [0.4, 0.5) is 0 Å². The Kier molecular flexibility index (Phi) is 4.22. The summed E-state index contributed by atoms with van der Waals surface area (Å²) < 4.78 is 0. The third-order valence-corrected chi connectivity index (χ3v) is 4.09. The van der Waals surface area contributed by atoms with Crippen LogP contribution in [-0.4, -0.2) is 60.9 Å². The Morgan fingerprint density at radius 2 is 2.33 bits per heavy atom. The van der Waals surface area contributed by atoms with E-state index in [0.29, 0.717) is 19.0 Å². The summed E-state index contributed by atoms with van der Waals surface area (Å²) in [6.45, 7) is 5.66. The molecule has 2 amide bonds. The lowest BCUT2D eigenvalue weighted by molar-refractivity contribution is -0.135. The van der Waals surface area contributed by atoms with Gasteiger partial charge in [-0.1, -0.05) is 6.92 Å². The second-order valence-electron chi connectivity index (χ2n) is 5.35. The van der Waals surface area contributed by atoms with Crippen molar-refractivity contribution in [1.29, 1.82) is 0 Å². The lowest BCUT2D eigenvalue weighted by atomic mass is 10.1. The van der Waals surface area contributed by atoms with Gasteiger partial charge in [0, 0.05) is 32.6 Å². The van der Waals surface area contributed by atoms with Gasteiger partial charge in [-0.05, 0) is 25.9 Å². The van der Waals surface area contributed by atoms with Crippen LogP contribution in [0.3, 0.4) is 0 Å². The SMILES string of the molecule is CCN1CCCC1CN(C)C(=O)C1CNC(=O)C1. The van der Waals surface area contributed by atoms with Crippen molar-refractivity contribution in [3.63, 3.8) is 0 Å². The van der Waals surface area contributed by atoms with Gasteiger partial charge in [-0.3, -0.25) is 14.5 Å². The van der Waals surface area contributed by atoms with E-state index in [0.717, 1.165) is 19.6 Å². The minimum absolute atomic E-state index is 0.00204. The molecule has 2 atom stereocenters. The minimum Gasteiger partial charge on any atom is -0.355 e. The highest BCUT2D eigenvalue weighted by molar-refractivity contribution is 5.89. The van der Waals surface area contributed by atoms with E-state index in [2.05, 4.69) is 17.1 Å². The van der Waals surface area contributed by atoms with Crippen molar-refractivity contribution in [2.45, 2.75) is 32.2 Å². The smallest absolute Gasteiger partial charge is 0.227 e. The summed E-state index contributed by atoms with van der Waals surface area (Å²) >= 11 is 0. The van der Waals surface area contributed by atoms with E-state index >= 15 is 0 Å². The Morgan fingerprint density at radius 1 is 1.56 bits per heavy atom. The molecule has 0 aromatic carbocycles. The zero-order valence-corrected chi connectivity index (χ0v) is 11.3. The average Bonchev–Trinajstić information content (AvgIpc) is 2.96. The van der Waals surface area contributed by atoms with Crippen molar-refractivity contribution in [3.05, 3.63) is 0 Å². The first kappa shape index (κ1) is 13.3. The van der Waals surface area contributed by atoms with Crippen LogP contribution in [0.1, 0.15) is 26.2 Å². The number of carbonyl (C=O) groups excluding carboxylic acids is 2. The summed E-state index contributed by atoms with van der Waals surface area (Å²) in [6.07, 6.45) is 2.75. The zero-order chi connectivity index (χ0) is 13.1. The molecule has 0 spiro atoms. The highest BCUT2D eigenvalue weighted by Crippen LogP contribution is 2.19. The molecule has 2 rings (SSSR count). The van der Waals surface area contributed by atoms with Crippen LogP contribution in [0.2, 0.25) is 0 Å². The quantitative estimate of drug-likeness (QED) is 0.771. The number of likely N-dealkylation sites (tertiary alicyclic amines) is 1. The van der Waals surface area contributed by atoms with Crippen LogP contribution in [0.25, 0.3) is 0 Å². The van der Waals surface area contributed by atoms with E-state index in [-0.39, 0.29) is 17.7 Å². The van der Waals surface area contributed by atoms with Crippen LogP contribution >= 0.6 is 0 Å². The second-order valence-corrected chi connectivity index (χ2v) is 5.35. The second kappa shape index (κ2) is 5.69. The highest BCUT2D eigenvalue weighted by atomic mass is 16.2. The van der Waals surface area contributed by atoms with E-state index in [1.807, 2.05) is 11.9 Å². The number of likely N-dealkylation sites (N-methyl/N-ethyl adjacent to an activating group) is 2. The summed E-state index contributed by atoms with van der Waals surface area (Å²) in [5, 5.41) is 2.72. The zero-order valence-electron chi connectivity index (χ0n) is 11.3. The van der Waals surface area contributed by atoms with Crippen LogP contribution in [0.15, 0.2) is 0 Å². The molecule has 102 valence electrons. The molecule has 1 N–H and O–H groups in total. The molecular formula is C13H23N3O2. The fourth-order valence-corrected chi connectivity index (χ4v) is 3.02. The third kappa shape index (κ3) is 2.83. The van der Waals surface area contributed by atoms with Gasteiger partial charge < -0.3 is 10.2 Å². The Bertz CT molecular complexity index is 332. The standard InChI is InChI=1S/C13H23N3O2/c1-3-16-6-4-5-11(16)9-15(2)13(18)10-7-12(17)14-8-10/h10-11H,3-9H2,1-2H3,(H,14,17). The van der Waals surface area contributed by atoms with Gasteiger partial charge in [0.05, 0.1) is 5.92 Å². The summed E-state index contributed by atoms with van der Waals surface area (Å²) in [7, 11) is 1.86. The van der Waals surface area contributed by atoms with Crippen LogP contribution in [0.5, 0.6) is 0 Å². The summed E-state index contributed by atoms with van der Waals surface area (Å²) in [5.74, 6) is -0.0481. The van der Waals surface area contributed by atoms with Gasteiger partial charge in [0.1, 0.15) is 0 Å². The first-order chi connectivity index (χ1) is 8.61. The molecule has 2 saturated heterocycles. The molecule has 2 fully saturated rings.